The molecule has 0 aliphatic rings. The van der Waals surface area contributed by atoms with Crippen LogP contribution in [-0.4, -0.2) is 38.0 Å². The summed E-state index contributed by atoms with van der Waals surface area (Å²) in [5.41, 5.74) is 1.10. The monoisotopic (exact) mass is 452 g/mol. The van der Waals surface area contributed by atoms with Crippen molar-refractivity contribution in [3.05, 3.63) is 57.8 Å². The second-order valence-corrected chi connectivity index (χ2v) is 6.64. The number of methoxy groups -OCH3 is 1. The van der Waals surface area contributed by atoms with E-state index in [4.69, 9.17) is 9.47 Å². The molecule has 0 saturated heterocycles. The van der Waals surface area contributed by atoms with E-state index in [1.54, 1.807) is 12.1 Å². The Morgan fingerprint density at radius 3 is 2.54 bits per heavy atom. The molecule has 0 fully saturated rings. The highest BCUT2D eigenvalue weighted by atomic mass is 79.9. The molecule has 0 aliphatic carbocycles. The van der Waals surface area contributed by atoms with Crippen LogP contribution < -0.4 is 15.4 Å². The number of hydrogen-bond acceptors (Lipinski definition) is 5. The fourth-order valence-electron chi connectivity index (χ4n) is 2.21. The maximum Gasteiger partial charge on any atom is 0.341 e. The molecular weight excluding hydrogens is 435 g/mol. The molecule has 2 aromatic rings. The van der Waals surface area contributed by atoms with Crippen molar-refractivity contribution in [2.24, 2.45) is 0 Å². The Hall–Kier alpha value is -2.94. The van der Waals surface area contributed by atoms with Crippen molar-refractivity contribution in [2.45, 2.75) is 6.92 Å². The molecule has 0 radical (unpaired) electrons. The minimum atomic E-state index is -0.978. The number of esters is 1. The van der Waals surface area contributed by atoms with Gasteiger partial charge in [0.25, 0.3) is 5.91 Å². The van der Waals surface area contributed by atoms with E-state index in [0.717, 1.165) is 11.6 Å². The zero-order valence-corrected chi connectivity index (χ0v) is 16.8. The SMILES string of the molecule is COc1ccc(C)cc1NC(=O)CNC(=O)COC(=O)c1ccc(Br)cc1F. The lowest BCUT2D eigenvalue weighted by Crippen LogP contribution is -2.35. The summed E-state index contributed by atoms with van der Waals surface area (Å²) in [6.07, 6.45) is 0. The number of ether oxygens (including phenoxy) is 2. The number of anilines is 1. The fourth-order valence-corrected chi connectivity index (χ4v) is 2.54. The highest BCUT2D eigenvalue weighted by Crippen LogP contribution is 2.24. The summed E-state index contributed by atoms with van der Waals surface area (Å²) in [6.45, 7) is 0.884. The lowest BCUT2D eigenvalue weighted by atomic mass is 10.2. The summed E-state index contributed by atoms with van der Waals surface area (Å²) in [4.78, 5) is 35.6. The summed E-state index contributed by atoms with van der Waals surface area (Å²) in [5.74, 6) is -2.45. The molecule has 0 unspecified atom stereocenters. The van der Waals surface area contributed by atoms with E-state index in [1.807, 2.05) is 13.0 Å². The van der Waals surface area contributed by atoms with Gasteiger partial charge in [-0.1, -0.05) is 22.0 Å². The van der Waals surface area contributed by atoms with Crippen molar-refractivity contribution in [1.82, 2.24) is 5.32 Å². The van der Waals surface area contributed by atoms with Crippen molar-refractivity contribution in [2.75, 3.05) is 25.6 Å². The number of nitrogens with one attached hydrogen (secondary N) is 2. The average Bonchev–Trinajstić information content (AvgIpc) is 2.64. The Balaban J connectivity index is 1.81. The average molecular weight is 453 g/mol. The van der Waals surface area contributed by atoms with Crippen LogP contribution in [-0.2, 0) is 14.3 Å². The van der Waals surface area contributed by atoms with Gasteiger partial charge in [-0.3, -0.25) is 9.59 Å². The van der Waals surface area contributed by atoms with Gasteiger partial charge in [-0.05, 0) is 42.8 Å². The van der Waals surface area contributed by atoms with Crippen molar-refractivity contribution in [1.29, 1.82) is 0 Å². The predicted octanol–water partition coefficient (Wildman–Crippen LogP) is 2.82. The molecule has 2 N–H and O–H groups in total. The molecule has 0 bridgehead atoms. The molecule has 0 aliphatic heterocycles. The summed E-state index contributed by atoms with van der Waals surface area (Å²) in [5, 5.41) is 4.94. The Labute approximate surface area is 169 Å². The van der Waals surface area contributed by atoms with E-state index in [2.05, 4.69) is 26.6 Å². The van der Waals surface area contributed by atoms with Gasteiger partial charge in [-0.2, -0.15) is 0 Å². The van der Waals surface area contributed by atoms with E-state index in [1.165, 1.54) is 19.2 Å². The van der Waals surface area contributed by atoms with Gasteiger partial charge in [-0.15, -0.1) is 0 Å². The van der Waals surface area contributed by atoms with Crippen LogP contribution in [0.1, 0.15) is 15.9 Å². The van der Waals surface area contributed by atoms with Crippen LogP contribution in [0.3, 0.4) is 0 Å². The van der Waals surface area contributed by atoms with Crippen LogP contribution in [0, 0.1) is 12.7 Å². The number of benzene rings is 2. The van der Waals surface area contributed by atoms with Crippen molar-refractivity contribution < 1.29 is 28.2 Å². The first-order valence-corrected chi connectivity index (χ1v) is 8.93. The zero-order chi connectivity index (χ0) is 20.7. The number of carbonyl (C=O) groups is 3. The molecular formula is C19H18BrFN2O5. The Morgan fingerprint density at radius 1 is 1.11 bits per heavy atom. The van der Waals surface area contributed by atoms with Crippen molar-refractivity contribution in [3.63, 3.8) is 0 Å². The van der Waals surface area contributed by atoms with Gasteiger partial charge in [0.2, 0.25) is 5.91 Å². The molecule has 28 heavy (non-hydrogen) atoms. The predicted molar refractivity (Wildman–Crippen MR) is 104 cm³/mol. The third kappa shape index (κ3) is 6.05. The maximum atomic E-state index is 13.7. The van der Waals surface area contributed by atoms with Gasteiger partial charge >= 0.3 is 5.97 Å². The van der Waals surface area contributed by atoms with Crippen LogP contribution >= 0.6 is 15.9 Å². The molecule has 0 heterocycles. The maximum absolute atomic E-state index is 13.7. The molecule has 0 spiro atoms. The Morgan fingerprint density at radius 2 is 1.86 bits per heavy atom. The van der Waals surface area contributed by atoms with Gasteiger partial charge in [0, 0.05) is 4.47 Å². The number of amides is 2. The molecule has 0 aromatic heterocycles. The van der Waals surface area contributed by atoms with Crippen LogP contribution in [0.5, 0.6) is 5.75 Å². The highest BCUT2D eigenvalue weighted by Gasteiger charge is 2.16. The number of rotatable bonds is 7. The van der Waals surface area contributed by atoms with Gasteiger partial charge in [-0.25, -0.2) is 9.18 Å². The number of carbonyl (C=O) groups excluding carboxylic acids is 3. The van der Waals surface area contributed by atoms with Crippen LogP contribution in [0.2, 0.25) is 0 Å². The first-order valence-electron chi connectivity index (χ1n) is 8.13. The molecule has 7 nitrogen and oxygen atoms in total. The van der Waals surface area contributed by atoms with Crippen molar-refractivity contribution in [3.8, 4) is 5.75 Å². The number of hydrogen-bond donors (Lipinski definition) is 2. The van der Waals surface area contributed by atoms with Gasteiger partial charge < -0.3 is 20.1 Å². The van der Waals surface area contributed by atoms with Crippen molar-refractivity contribution >= 4 is 39.4 Å². The minimum absolute atomic E-state index is 0.291. The lowest BCUT2D eigenvalue weighted by Gasteiger charge is -2.11. The third-order valence-corrected chi connectivity index (χ3v) is 4.05. The zero-order valence-electron chi connectivity index (χ0n) is 15.2. The minimum Gasteiger partial charge on any atom is -0.495 e. The molecule has 2 aromatic carbocycles. The van der Waals surface area contributed by atoms with Gasteiger partial charge in [0.1, 0.15) is 11.6 Å². The van der Waals surface area contributed by atoms with Gasteiger partial charge in [0.15, 0.2) is 6.61 Å². The Bertz CT molecular complexity index is 904. The molecule has 9 heteroatoms. The van der Waals surface area contributed by atoms with Crippen LogP contribution in [0.4, 0.5) is 10.1 Å². The summed E-state index contributed by atoms with van der Waals surface area (Å²) >= 11 is 3.08. The largest absolute Gasteiger partial charge is 0.495 e. The lowest BCUT2D eigenvalue weighted by molar-refractivity contribution is -0.126. The fraction of sp³-hybridized carbons (Fsp3) is 0.211. The number of aryl methyl sites for hydroxylation is 1. The molecule has 0 saturated carbocycles. The molecule has 2 rings (SSSR count). The summed E-state index contributed by atoms with van der Waals surface area (Å²) < 4.78 is 24.1. The number of halogens is 2. The van der Waals surface area contributed by atoms with E-state index in [-0.39, 0.29) is 12.1 Å². The molecule has 148 valence electrons. The second kappa shape index (κ2) is 9.84. The quantitative estimate of drug-likeness (QED) is 0.629. The highest BCUT2D eigenvalue weighted by molar-refractivity contribution is 9.10. The second-order valence-electron chi connectivity index (χ2n) is 5.73. The topological polar surface area (TPSA) is 93.7 Å². The summed E-state index contributed by atoms with van der Waals surface area (Å²) in [6, 6.07) is 9.10. The first-order chi connectivity index (χ1) is 13.3. The van der Waals surface area contributed by atoms with Crippen LogP contribution in [0.25, 0.3) is 0 Å². The first kappa shape index (κ1) is 21.4. The van der Waals surface area contributed by atoms with Crippen LogP contribution in [0.15, 0.2) is 40.9 Å². The van der Waals surface area contributed by atoms with E-state index in [9.17, 15) is 18.8 Å². The van der Waals surface area contributed by atoms with E-state index in [0.29, 0.717) is 15.9 Å². The normalized spacial score (nSPS) is 10.1. The molecule has 2 amide bonds. The third-order valence-electron chi connectivity index (χ3n) is 3.56. The molecule has 0 atom stereocenters. The van der Waals surface area contributed by atoms with Gasteiger partial charge in [0.05, 0.1) is 24.9 Å². The Kier molecular flexibility index (Phi) is 7.51. The standard InChI is InChI=1S/C19H18BrFN2O5/c1-11-3-6-16(27-2)15(7-11)23-17(24)9-22-18(25)10-28-19(26)13-5-4-12(20)8-14(13)21/h3-8H,9-10H2,1-2H3,(H,22,25)(H,23,24). The smallest absolute Gasteiger partial charge is 0.341 e. The summed E-state index contributed by atoms with van der Waals surface area (Å²) in [7, 11) is 1.48. The van der Waals surface area contributed by atoms with E-state index < -0.39 is 30.2 Å². The van der Waals surface area contributed by atoms with E-state index >= 15 is 0 Å².